The zero-order valence-electron chi connectivity index (χ0n) is 10.9. The molecule has 0 saturated heterocycles. The summed E-state index contributed by atoms with van der Waals surface area (Å²) in [5.74, 6) is 1.85. The number of nitrogens with one attached hydrogen (secondary N) is 1. The SMILES string of the molecule is CCCNCc1occc1-c1ccc(OC)cc1. The molecule has 96 valence electrons. The zero-order valence-corrected chi connectivity index (χ0v) is 10.9. The quantitative estimate of drug-likeness (QED) is 0.791. The summed E-state index contributed by atoms with van der Waals surface area (Å²) in [5, 5.41) is 3.35. The van der Waals surface area contributed by atoms with Crippen molar-refractivity contribution in [3.05, 3.63) is 42.4 Å². The van der Waals surface area contributed by atoms with Gasteiger partial charge in [-0.1, -0.05) is 19.1 Å². The van der Waals surface area contributed by atoms with E-state index in [4.69, 9.17) is 9.15 Å². The van der Waals surface area contributed by atoms with Gasteiger partial charge in [0.25, 0.3) is 0 Å². The first kappa shape index (κ1) is 12.7. The third-order valence-corrected chi connectivity index (χ3v) is 2.86. The smallest absolute Gasteiger partial charge is 0.125 e. The maximum atomic E-state index is 5.53. The summed E-state index contributed by atoms with van der Waals surface area (Å²) in [6, 6.07) is 10.0. The minimum atomic E-state index is 0.766. The highest BCUT2D eigenvalue weighted by Crippen LogP contribution is 2.26. The fourth-order valence-electron chi connectivity index (χ4n) is 1.88. The molecular formula is C15H19NO2. The summed E-state index contributed by atoms with van der Waals surface area (Å²) in [6.45, 7) is 3.92. The van der Waals surface area contributed by atoms with Gasteiger partial charge in [-0.15, -0.1) is 0 Å². The van der Waals surface area contributed by atoms with E-state index in [-0.39, 0.29) is 0 Å². The minimum absolute atomic E-state index is 0.766. The monoisotopic (exact) mass is 245 g/mol. The first-order valence-electron chi connectivity index (χ1n) is 6.26. The van der Waals surface area contributed by atoms with Crippen LogP contribution in [0.5, 0.6) is 5.75 Å². The predicted octanol–water partition coefficient (Wildman–Crippen LogP) is 3.45. The van der Waals surface area contributed by atoms with Gasteiger partial charge in [-0.3, -0.25) is 0 Å². The molecule has 3 nitrogen and oxygen atoms in total. The molecule has 3 heteroatoms. The topological polar surface area (TPSA) is 34.4 Å². The van der Waals surface area contributed by atoms with E-state index in [2.05, 4.69) is 12.2 Å². The van der Waals surface area contributed by atoms with Crippen LogP contribution in [0.15, 0.2) is 41.0 Å². The molecule has 2 aromatic rings. The van der Waals surface area contributed by atoms with Gasteiger partial charge in [0.05, 0.1) is 19.9 Å². The van der Waals surface area contributed by atoms with E-state index in [1.165, 1.54) is 0 Å². The molecule has 1 heterocycles. The highest BCUT2D eigenvalue weighted by Gasteiger charge is 2.08. The first-order chi connectivity index (χ1) is 8.85. The van der Waals surface area contributed by atoms with Gasteiger partial charge in [0.1, 0.15) is 11.5 Å². The van der Waals surface area contributed by atoms with Gasteiger partial charge in [0.2, 0.25) is 0 Å². The van der Waals surface area contributed by atoms with Crippen LogP contribution in [0.3, 0.4) is 0 Å². The van der Waals surface area contributed by atoms with E-state index in [1.54, 1.807) is 13.4 Å². The molecule has 2 rings (SSSR count). The summed E-state index contributed by atoms with van der Waals surface area (Å²) in [7, 11) is 1.67. The molecule has 1 N–H and O–H groups in total. The van der Waals surface area contributed by atoms with Crippen molar-refractivity contribution < 1.29 is 9.15 Å². The van der Waals surface area contributed by atoms with Crippen LogP contribution in [0.2, 0.25) is 0 Å². The number of rotatable bonds is 6. The molecule has 0 spiro atoms. The van der Waals surface area contributed by atoms with E-state index in [0.717, 1.165) is 42.1 Å². The average molecular weight is 245 g/mol. The Bertz CT molecular complexity index is 473. The fraction of sp³-hybridized carbons (Fsp3) is 0.333. The molecule has 0 radical (unpaired) electrons. The van der Waals surface area contributed by atoms with E-state index < -0.39 is 0 Å². The summed E-state index contributed by atoms with van der Waals surface area (Å²) < 4.78 is 10.7. The van der Waals surface area contributed by atoms with Crippen molar-refractivity contribution in [2.24, 2.45) is 0 Å². The zero-order chi connectivity index (χ0) is 12.8. The van der Waals surface area contributed by atoms with E-state index in [0.29, 0.717) is 0 Å². The highest BCUT2D eigenvalue weighted by atomic mass is 16.5. The van der Waals surface area contributed by atoms with Gasteiger partial charge in [0, 0.05) is 5.56 Å². The van der Waals surface area contributed by atoms with Crippen LogP contribution < -0.4 is 10.1 Å². The van der Waals surface area contributed by atoms with Crippen LogP contribution in [0.1, 0.15) is 19.1 Å². The molecule has 0 unspecified atom stereocenters. The van der Waals surface area contributed by atoms with Crippen LogP contribution >= 0.6 is 0 Å². The van der Waals surface area contributed by atoms with E-state index >= 15 is 0 Å². The van der Waals surface area contributed by atoms with Crippen molar-refractivity contribution in [1.29, 1.82) is 0 Å². The molecule has 18 heavy (non-hydrogen) atoms. The Balaban J connectivity index is 2.14. The Morgan fingerprint density at radius 1 is 1.17 bits per heavy atom. The lowest BCUT2D eigenvalue weighted by Crippen LogP contribution is -2.13. The fourth-order valence-corrected chi connectivity index (χ4v) is 1.88. The number of methoxy groups -OCH3 is 1. The standard InChI is InChI=1S/C15H19NO2/c1-3-9-16-11-15-14(8-10-18-15)12-4-6-13(17-2)7-5-12/h4-8,10,16H,3,9,11H2,1-2H3. The van der Waals surface area contributed by atoms with Gasteiger partial charge >= 0.3 is 0 Å². The summed E-state index contributed by atoms with van der Waals surface area (Å²) in [5.41, 5.74) is 2.29. The van der Waals surface area contributed by atoms with Gasteiger partial charge in [-0.2, -0.15) is 0 Å². The Morgan fingerprint density at radius 3 is 2.61 bits per heavy atom. The number of hydrogen-bond donors (Lipinski definition) is 1. The molecule has 0 bridgehead atoms. The van der Waals surface area contributed by atoms with Gasteiger partial charge in [-0.25, -0.2) is 0 Å². The molecule has 1 aromatic heterocycles. The minimum Gasteiger partial charge on any atom is -0.497 e. The highest BCUT2D eigenvalue weighted by molar-refractivity contribution is 5.66. The normalized spacial score (nSPS) is 10.6. The van der Waals surface area contributed by atoms with Crippen molar-refractivity contribution in [2.75, 3.05) is 13.7 Å². The van der Waals surface area contributed by atoms with E-state index in [9.17, 15) is 0 Å². The van der Waals surface area contributed by atoms with Crippen LogP contribution in [0.25, 0.3) is 11.1 Å². The molecular weight excluding hydrogens is 226 g/mol. The largest absolute Gasteiger partial charge is 0.497 e. The summed E-state index contributed by atoms with van der Waals surface area (Å²) in [6.07, 6.45) is 2.86. The Morgan fingerprint density at radius 2 is 1.94 bits per heavy atom. The van der Waals surface area contributed by atoms with Crippen molar-refractivity contribution in [3.63, 3.8) is 0 Å². The first-order valence-corrected chi connectivity index (χ1v) is 6.26. The number of benzene rings is 1. The molecule has 0 aliphatic rings. The molecule has 0 aliphatic heterocycles. The summed E-state index contributed by atoms with van der Waals surface area (Å²) in [4.78, 5) is 0. The second-order valence-electron chi connectivity index (χ2n) is 4.16. The maximum Gasteiger partial charge on any atom is 0.125 e. The number of hydrogen-bond acceptors (Lipinski definition) is 3. The third-order valence-electron chi connectivity index (χ3n) is 2.86. The van der Waals surface area contributed by atoms with E-state index in [1.807, 2.05) is 30.3 Å². The lowest BCUT2D eigenvalue weighted by Gasteiger charge is -2.05. The maximum absolute atomic E-state index is 5.53. The molecule has 0 saturated carbocycles. The average Bonchev–Trinajstić information content (AvgIpc) is 2.88. The van der Waals surface area contributed by atoms with Crippen LogP contribution in [-0.4, -0.2) is 13.7 Å². The van der Waals surface area contributed by atoms with Crippen molar-refractivity contribution in [3.8, 4) is 16.9 Å². The Hall–Kier alpha value is -1.74. The molecule has 0 atom stereocenters. The van der Waals surface area contributed by atoms with Crippen molar-refractivity contribution >= 4 is 0 Å². The van der Waals surface area contributed by atoms with Gasteiger partial charge < -0.3 is 14.5 Å². The van der Waals surface area contributed by atoms with Gasteiger partial charge in [-0.05, 0) is 36.7 Å². The number of ether oxygens (including phenoxy) is 1. The van der Waals surface area contributed by atoms with Crippen LogP contribution in [0, 0.1) is 0 Å². The lowest BCUT2D eigenvalue weighted by molar-refractivity contribution is 0.415. The Labute approximate surface area is 108 Å². The number of furan rings is 1. The molecule has 0 amide bonds. The molecule has 1 aromatic carbocycles. The van der Waals surface area contributed by atoms with Crippen LogP contribution in [-0.2, 0) is 6.54 Å². The van der Waals surface area contributed by atoms with Crippen LogP contribution in [0.4, 0.5) is 0 Å². The van der Waals surface area contributed by atoms with Gasteiger partial charge in [0.15, 0.2) is 0 Å². The molecule has 0 fully saturated rings. The van der Waals surface area contributed by atoms with Crippen molar-refractivity contribution in [2.45, 2.75) is 19.9 Å². The summed E-state index contributed by atoms with van der Waals surface area (Å²) >= 11 is 0. The molecule has 0 aliphatic carbocycles. The second-order valence-corrected chi connectivity index (χ2v) is 4.16. The Kier molecular flexibility index (Phi) is 4.42. The lowest BCUT2D eigenvalue weighted by atomic mass is 10.1. The predicted molar refractivity (Wildman–Crippen MR) is 72.7 cm³/mol. The second kappa shape index (κ2) is 6.26. The third kappa shape index (κ3) is 2.93. The van der Waals surface area contributed by atoms with Crippen molar-refractivity contribution in [1.82, 2.24) is 5.32 Å².